The van der Waals surface area contributed by atoms with Crippen LogP contribution in [0.2, 0.25) is 0 Å². The van der Waals surface area contributed by atoms with Crippen molar-refractivity contribution < 1.29 is 9.59 Å². The highest BCUT2D eigenvalue weighted by Gasteiger charge is 2.16. The summed E-state index contributed by atoms with van der Waals surface area (Å²) < 4.78 is 1.86. The Labute approximate surface area is 170 Å². The molecular formula is C23H26N4O2. The maximum Gasteiger partial charge on any atom is 0.224 e. The third kappa shape index (κ3) is 5.54. The summed E-state index contributed by atoms with van der Waals surface area (Å²) in [6.45, 7) is 4.24. The average molecular weight is 390 g/mol. The highest BCUT2D eigenvalue weighted by molar-refractivity contribution is 5.80. The van der Waals surface area contributed by atoms with E-state index >= 15 is 0 Å². The molecule has 0 fully saturated rings. The number of hydrogen-bond acceptors (Lipinski definition) is 3. The lowest BCUT2D eigenvalue weighted by molar-refractivity contribution is -0.122. The Morgan fingerprint density at radius 2 is 1.66 bits per heavy atom. The standard InChI is InChI=1S/C23H26N4O2/c1-17(21-16-25-27(18(21)2)20-11-7-4-8-12-20)26-22(28)13-14-24-23(29)15-19-9-5-3-6-10-19/h3-12,16-17H,13-15H2,1-2H3,(H,24,29)(H,26,28). The summed E-state index contributed by atoms with van der Waals surface area (Å²) in [5.74, 6) is -0.193. The van der Waals surface area contributed by atoms with Crippen LogP contribution in [0.4, 0.5) is 0 Å². The summed E-state index contributed by atoms with van der Waals surface area (Å²) in [5, 5.41) is 10.2. The van der Waals surface area contributed by atoms with Gasteiger partial charge in [0.25, 0.3) is 0 Å². The second-order valence-corrected chi connectivity index (χ2v) is 6.98. The first-order chi connectivity index (χ1) is 14.0. The van der Waals surface area contributed by atoms with E-state index < -0.39 is 0 Å². The van der Waals surface area contributed by atoms with Gasteiger partial charge in [-0.15, -0.1) is 0 Å². The molecule has 29 heavy (non-hydrogen) atoms. The average Bonchev–Trinajstić information content (AvgIpc) is 3.11. The molecule has 0 saturated heterocycles. The van der Waals surface area contributed by atoms with E-state index in [-0.39, 0.29) is 24.3 Å². The highest BCUT2D eigenvalue weighted by atomic mass is 16.2. The molecule has 6 heteroatoms. The van der Waals surface area contributed by atoms with Crippen LogP contribution >= 0.6 is 0 Å². The SMILES string of the molecule is Cc1c(C(C)NC(=O)CCNC(=O)Cc2ccccc2)cnn1-c1ccccc1. The van der Waals surface area contributed by atoms with Crippen LogP contribution in [0.3, 0.4) is 0 Å². The van der Waals surface area contributed by atoms with Gasteiger partial charge in [-0.1, -0.05) is 48.5 Å². The van der Waals surface area contributed by atoms with E-state index in [1.54, 1.807) is 6.20 Å². The molecule has 3 aromatic rings. The van der Waals surface area contributed by atoms with Crippen molar-refractivity contribution in [3.05, 3.63) is 83.7 Å². The van der Waals surface area contributed by atoms with Gasteiger partial charge in [-0.3, -0.25) is 9.59 Å². The molecule has 150 valence electrons. The quantitative estimate of drug-likeness (QED) is 0.621. The van der Waals surface area contributed by atoms with Crippen molar-refractivity contribution in [1.82, 2.24) is 20.4 Å². The predicted molar refractivity (Wildman–Crippen MR) is 113 cm³/mol. The lowest BCUT2D eigenvalue weighted by atomic mass is 10.1. The molecule has 0 aliphatic heterocycles. The summed E-state index contributed by atoms with van der Waals surface area (Å²) in [7, 11) is 0. The van der Waals surface area contributed by atoms with Gasteiger partial charge in [0.2, 0.25) is 11.8 Å². The van der Waals surface area contributed by atoms with Crippen LogP contribution in [0.5, 0.6) is 0 Å². The minimum Gasteiger partial charge on any atom is -0.355 e. The summed E-state index contributed by atoms with van der Waals surface area (Å²) >= 11 is 0. The van der Waals surface area contributed by atoms with Crippen molar-refractivity contribution in [3.8, 4) is 5.69 Å². The number of carbonyl (C=O) groups excluding carboxylic acids is 2. The summed E-state index contributed by atoms with van der Waals surface area (Å²) in [6, 6.07) is 19.2. The second kappa shape index (κ2) is 9.68. The number of aromatic nitrogens is 2. The van der Waals surface area contributed by atoms with E-state index in [1.165, 1.54) is 0 Å². The van der Waals surface area contributed by atoms with E-state index in [4.69, 9.17) is 0 Å². The summed E-state index contributed by atoms with van der Waals surface area (Å²) in [4.78, 5) is 24.2. The second-order valence-electron chi connectivity index (χ2n) is 6.98. The number of hydrogen-bond donors (Lipinski definition) is 2. The number of rotatable bonds is 8. The number of benzene rings is 2. The third-order valence-corrected chi connectivity index (χ3v) is 4.77. The monoisotopic (exact) mass is 390 g/mol. The predicted octanol–water partition coefficient (Wildman–Crippen LogP) is 3.11. The van der Waals surface area contributed by atoms with Gasteiger partial charge in [0, 0.05) is 24.2 Å². The zero-order chi connectivity index (χ0) is 20.6. The minimum atomic E-state index is -0.167. The van der Waals surface area contributed by atoms with Gasteiger partial charge >= 0.3 is 0 Å². The fourth-order valence-corrected chi connectivity index (χ4v) is 3.23. The van der Waals surface area contributed by atoms with E-state index in [1.807, 2.05) is 79.2 Å². The van der Waals surface area contributed by atoms with Crippen molar-refractivity contribution in [3.63, 3.8) is 0 Å². The van der Waals surface area contributed by atoms with Gasteiger partial charge in [-0.05, 0) is 31.5 Å². The largest absolute Gasteiger partial charge is 0.355 e. The van der Waals surface area contributed by atoms with Crippen LogP contribution < -0.4 is 10.6 Å². The van der Waals surface area contributed by atoms with Crippen molar-refractivity contribution in [1.29, 1.82) is 0 Å². The first-order valence-corrected chi connectivity index (χ1v) is 9.74. The molecule has 2 aromatic carbocycles. The number of nitrogens with one attached hydrogen (secondary N) is 2. The number of amides is 2. The van der Waals surface area contributed by atoms with Crippen LogP contribution in [-0.2, 0) is 16.0 Å². The molecule has 2 amide bonds. The summed E-state index contributed by atoms with van der Waals surface area (Å²) in [5.41, 5.74) is 3.89. The molecule has 3 rings (SSSR count). The molecule has 0 saturated carbocycles. The topological polar surface area (TPSA) is 76.0 Å². The Balaban J connectivity index is 1.47. The van der Waals surface area contributed by atoms with Crippen molar-refractivity contribution >= 4 is 11.8 Å². The normalized spacial score (nSPS) is 11.7. The molecule has 1 aromatic heterocycles. The van der Waals surface area contributed by atoms with E-state index in [0.29, 0.717) is 13.0 Å². The Hall–Kier alpha value is -3.41. The maximum absolute atomic E-state index is 12.3. The Morgan fingerprint density at radius 1 is 1.00 bits per heavy atom. The van der Waals surface area contributed by atoms with Crippen LogP contribution in [0.15, 0.2) is 66.9 Å². The van der Waals surface area contributed by atoms with Crippen molar-refractivity contribution in [2.24, 2.45) is 0 Å². The molecular weight excluding hydrogens is 364 g/mol. The van der Waals surface area contributed by atoms with Gasteiger partial charge < -0.3 is 10.6 Å². The van der Waals surface area contributed by atoms with Crippen molar-refractivity contribution in [2.45, 2.75) is 32.7 Å². The maximum atomic E-state index is 12.3. The number of carbonyl (C=O) groups is 2. The van der Waals surface area contributed by atoms with Crippen LogP contribution in [0.25, 0.3) is 5.69 Å². The van der Waals surface area contributed by atoms with Gasteiger partial charge in [-0.2, -0.15) is 5.10 Å². The smallest absolute Gasteiger partial charge is 0.224 e. The van der Waals surface area contributed by atoms with Gasteiger partial charge in [0.15, 0.2) is 0 Å². The Bertz CT molecular complexity index is 952. The molecule has 1 unspecified atom stereocenters. The molecule has 6 nitrogen and oxygen atoms in total. The Morgan fingerprint density at radius 3 is 2.34 bits per heavy atom. The van der Waals surface area contributed by atoms with E-state index in [2.05, 4.69) is 15.7 Å². The Kier molecular flexibility index (Phi) is 6.79. The molecule has 0 spiro atoms. The molecule has 0 aliphatic rings. The molecule has 0 aliphatic carbocycles. The number of nitrogens with zero attached hydrogens (tertiary/aromatic N) is 2. The zero-order valence-corrected chi connectivity index (χ0v) is 16.8. The fourth-order valence-electron chi connectivity index (χ4n) is 3.23. The fraction of sp³-hybridized carbons (Fsp3) is 0.261. The van der Waals surface area contributed by atoms with E-state index in [9.17, 15) is 9.59 Å². The lowest BCUT2D eigenvalue weighted by Crippen LogP contribution is -2.32. The van der Waals surface area contributed by atoms with Gasteiger partial charge in [0.1, 0.15) is 0 Å². The molecule has 1 heterocycles. The lowest BCUT2D eigenvalue weighted by Gasteiger charge is -2.14. The first kappa shape index (κ1) is 20.3. The van der Waals surface area contributed by atoms with E-state index in [0.717, 1.165) is 22.5 Å². The first-order valence-electron chi connectivity index (χ1n) is 9.74. The summed E-state index contributed by atoms with van der Waals surface area (Å²) in [6.07, 6.45) is 2.34. The van der Waals surface area contributed by atoms with Gasteiger partial charge in [-0.25, -0.2) is 4.68 Å². The van der Waals surface area contributed by atoms with Crippen LogP contribution in [0.1, 0.15) is 36.2 Å². The number of para-hydroxylation sites is 1. The molecule has 0 bridgehead atoms. The van der Waals surface area contributed by atoms with Crippen molar-refractivity contribution in [2.75, 3.05) is 6.54 Å². The van der Waals surface area contributed by atoms with Gasteiger partial charge in [0.05, 0.1) is 24.3 Å². The molecule has 0 radical (unpaired) electrons. The minimum absolute atomic E-state index is 0.0861. The van der Waals surface area contributed by atoms with Crippen LogP contribution in [0, 0.1) is 6.92 Å². The van der Waals surface area contributed by atoms with Crippen LogP contribution in [-0.4, -0.2) is 28.1 Å². The highest BCUT2D eigenvalue weighted by Crippen LogP contribution is 2.20. The third-order valence-electron chi connectivity index (χ3n) is 4.77. The zero-order valence-electron chi connectivity index (χ0n) is 16.8. The molecule has 1 atom stereocenters. The molecule has 2 N–H and O–H groups in total.